The molecule has 2 aromatic rings. The molecule has 1 aromatic carbocycles. The molecule has 0 amide bonds. The number of anilines is 1. The van der Waals surface area contributed by atoms with Crippen LogP contribution in [-0.2, 0) is 7.05 Å². The minimum atomic E-state index is -0.974. The van der Waals surface area contributed by atoms with Crippen LogP contribution in [0.2, 0.25) is 0 Å². The van der Waals surface area contributed by atoms with Crippen molar-refractivity contribution in [3.05, 3.63) is 23.8 Å². The Balaban J connectivity index is 2.92. The molecule has 0 saturated heterocycles. The molecule has 0 bridgehead atoms. The molecule has 0 aliphatic rings. The van der Waals surface area contributed by atoms with E-state index in [1.165, 1.54) is 10.7 Å². The SMILES string of the molecule is Cn1nc(N)c2cccc(C(=O)O)c21. The summed E-state index contributed by atoms with van der Waals surface area (Å²) in [6, 6.07) is 4.94. The highest BCUT2D eigenvalue weighted by atomic mass is 16.4. The van der Waals surface area contributed by atoms with E-state index in [0.29, 0.717) is 16.7 Å². The fourth-order valence-corrected chi connectivity index (χ4v) is 1.54. The third-order valence-electron chi connectivity index (χ3n) is 2.12. The Labute approximate surface area is 79.7 Å². The summed E-state index contributed by atoms with van der Waals surface area (Å²) in [6.07, 6.45) is 0. The standard InChI is InChI=1S/C9H9N3O2/c1-12-7-5(8(10)11-12)3-2-4-6(7)9(13)14/h2-4H,1H3,(H2,10,11)(H,13,14). The van der Waals surface area contributed by atoms with Crippen molar-refractivity contribution in [2.24, 2.45) is 7.05 Å². The molecular weight excluding hydrogens is 182 g/mol. The lowest BCUT2D eigenvalue weighted by Crippen LogP contribution is -2.00. The topological polar surface area (TPSA) is 81.1 Å². The number of carboxylic acid groups (broad SMARTS) is 1. The molecule has 0 spiro atoms. The zero-order chi connectivity index (χ0) is 10.3. The zero-order valence-corrected chi connectivity index (χ0v) is 7.56. The molecule has 5 heteroatoms. The lowest BCUT2D eigenvalue weighted by molar-refractivity contribution is 0.0698. The Kier molecular flexibility index (Phi) is 1.67. The van der Waals surface area contributed by atoms with Crippen LogP contribution >= 0.6 is 0 Å². The van der Waals surface area contributed by atoms with Crippen molar-refractivity contribution in [3.63, 3.8) is 0 Å². The second-order valence-electron chi connectivity index (χ2n) is 3.02. The second-order valence-corrected chi connectivity index (χ2v) is 3.02. The summed E-state index contributed by atoms with van der Waals surface area (Å²) in [7, 11) is 1.67. The quantitative estimate of drug-likeness (QED) is 0.700. The van der Waals surface area contributed by atoms with Crippen molar-refractivity contribution in [1.82, 2.24) is 9.78 Å². The van der Waals surface area contributed by atoms with Gasteiger partial charge in [-0.05, 0) is 12.1 Å². The van der Waals surface area contributed by atoms with Crippen molar-refractivity contribution in [3.8, 4) is 0 Å². The molecule has 0 atom stereocenters. The van der Waals surface area contributed by atoms with Crippen LogP contribution in [0.5, 0.6) is 0 Å². The molecule has 0 aliphatic heterocycles. The molecule has 72 valence electrons. The van der Waals surface area contributed by atoms with Crippen LogP contribution in [0.4, 0.5) is 5.82 Å². The maximum atomic E-state index is 10.9. The molecular formula is C9H9N3O2. The highest BCUT2D eigenvalue weighted by Gasteiger charge is 2.13. The molecule has 0 unspecified atom stereocenters. The highest BCUT2D eigenvalue weighted by molar-refractivity contribution is 6.04. The first-order valence-corrected chi connectivity index (χ1v) is 4.05. The maximum absolute atomic E-state index is 10.9. The van der Waals surface area contributed by atoms with Gasteiger partial charge in [0.2, 0.25) is 0 Å². The summed E-state index contributed by atoms with van der Waals surface area (Å²) in [4.78, 5) is 10.9. The number of carbonyl (C=O) groups is 1. The fraction of sp³-hybridized carbons (Fsp3) is 0.111. The van der Waals surface area contributed by atoms with Crippen LogP contribution in [-0.4, -0.2) is 20.9 Å². The maximum Gasteiger partial charge on any atom is 0.337 e. The number of para-hydroxylation sites is 1. The number of fused-ring (bicyclic) bond motifs is 1. The predicted octanol–water partition coefficient (Wildman–Crippen LogP) is 0.854. The summed E-state index contributed by atoms with van der Waals surface area (Å²) in [5.74, 6) is -0.621. The van der Waals surface area contributed by atoms with E-state index < -0.39 is 5.97 Å². The van der Waals surface area contributed by atoms with Gasteiger partial charge in [0.05, 0.1) is 11.1 Å². The van der Waals surface area contributed by atoms with Gasteiger partial charge in [-0.25, -0.2) is 4.79 Å². The van der Waals surface area contributed by atoms with Gasteiger partial charge in [-0.15, -0.1) is 0 Å². The van der Waals surface area contributed by atoms with E-state index in [1.807, 2.05) is 0 Å². The third kappa shape index (κ3) is 1.02. The average Bonchev–Trinajstić information content (AvgIpc) is 2.43. The molecule has 5 nitrogen and oxygen atoms in total. The summed E-state index contributed by atoms with van der Waals surface area (Å²) in [6.45, 7) is 0. The van der Waals surface area contributed by atoms with Crippen LogP contribution in [0.15, 0.2) is 18.2 Å². The van der Waals surface area contributed by atoms with Gasteiger partial charge in [0.1, 0.15) is 0 Å². The van der Waals surface area contributed by atoms with Crippen LogP contribution in [0.3, 0.4) is 0 Å². The minimum absolute atomic E-state index is 0.217. The number of nitrogens with zero attached hydrogens (tertiary/aromatic N) is 2. The zero-order valence-electron chi connectivity index (χ0n) is 7.56. The number of hydrogen-bond donors (Lipinski definition) is 2. The molecule has 0 fully saturated rings. The number of nitrogens with two attached hydrogens (primary N) is 1. The van der Waals surface area contributed by atoms with Crippen molar-refractivity contribution in [2.45, 2.75) is 0 Å². The monoisotopic (exact) mass is 191 g/mol. The molecule has 3 N–H and O–H groups in total. The number of rotatable bonds is 1. The molecule has 2 rings (SSSR count). The van der Waals surface area contributed by atoms with Gasteiger partial charge in [-0.2, -0.15) is 5.10 Å². The van der Waals surface area contributed by atoms with E-state index in [1.54, 1.807) is 19.2 Å². The Morgan fingerprint density at radius 1 is 1.57 bits per heavy atom. The Hall–Kier alpha value is -2.04. The van der Waals surface area contributed by atoms with Crippen molar-refractivity contribution in [2.75, 3.05) is 5.73 Å². The van der Waals surface area contributed by atoms with Crippen molar-refractivity contribution in [1.29, 1.82) is 0 Å². The van der Waals surface area contributed by atoms with Gasteiger partial charge in [-0.1, -0.05) is 6.07 Å². The molecule has 1 aromatic heterocycles. The molecule has 1 heterocycles. The number of carboxylic acids is 1. The number of aromatic nitrogens is 2. The lowest BCUT2D eigenvalue weighted by atomic mass is 10.1. The van der Waals surface area contributed by atoms with E-state index in [2.05, 4.69) is 5.10 Å². The summed E-state index contributed by atoms with van der Waals surface area (Å²) < 4.78 is 1.48. The summed E-state index contributed by atoms with van der Waals surface area (Å²) in [5, 5.41) is 13.6. The number of aryl methyl sites for hydroxylation is 1. The number of aromatic carboxylic acids is 1. The molecule has 0 aliphatic carbocycles. The first-order chi connectivity index (χ1) is 6.61. The van der Waals surface area contributed by atoms with Crippen molar-refractivity contribution >= 4 is 22.7 Å². The van der Waals surface area contributed by atoms with E-state index in [9.17, 15) is 4.79 Å². The van der Waals surface area contributed by atoms with Gasteiger partial charge in [0, 0.05) is 12.4 Å². The number of nitrogen functional groups attached to an aromatic ring is 1. The minimum Gasteiger partial charge on any atom is -0.478 e. The Bertz CT molecular complexity index is 516. The van der Waals surface area contributed by atoms with E-state index in [0.717, 1.165) is 0 Å². The lowest BCUT2D eigenvalue weighted by Gasteiger charge is -1.98. The van der Waals surface area contributed by atoms with Gasteiger partial charge in [0.25, 0.3) is 0 Å². The van der Waals surface area contributed by atoms with Gasteiger partial charge in [0.15, 0.2) is 5.82 Å². The Morgan fingerprint density at radius 3 is 2.93 bits per heavy atom. The van der Waals surface area contributed by atoms with Gasteiger partial charge in [-0.3, -0.25) is 4.68 Å². The van der Waals surface area contributed by atoms with Crippen LogP contribution in [0, 0.1) is 0 Å². The van der Waals surface area contributed by atoms with E-state index in [-0.39, 0.29) is 5.56 Å². The smallest absolute Gasteiger partial charge is 0.337 e. The first kappa shape index (κ1) is 8.55. The summed E-state index contributed by atoms with van der Waals surface area (Å²) in [5.41, 5.74) is 6.39. The van der Waals surface area contributed by atoms with Gasteiger partial charge < -0.3 is 10.8 Å². The predicted molar refractivity (Wildman–Crippen MR) is 52.1 cm³/mol. The van der Waals surface area contributed by atoms with Crippen LogP contribution in [0.25, 0.3) is 10.9 Å². The number of benzene rings is 1. The fourth-order valence-electron chi connectivity index (χ4n) is 1.54. The van der Waals surface area contributed by atoms with Crippen molar-refractivity contribution < 1.29 is 9.90 Å². The molecule has 0 saturated carbocycles. The van der Waals surface area contributed by atoms with Gasteiger partial charge >= 0.3 is 5.97 Å². The molecule has 0 radical (unpaired) electrons. The first-order valence-electron chi connectivity index (χ1n) is 4.05. The number of hydrogen-bond acceptors (Lipinski definition) is 3. The van der Waals surface area contributed by atoms with Crippen LogP contribution in [0.1, 0.15) is 10.4 Å². The normalized spacial score (nSPS) is 10.6. The third-order valence-corrected chi connectivity index (χ3v) is 2.12. The van der Waals surface area contributed by atoms with E-state index in [4.69, 9.17) is 10.8 Å². The highest BCUT2D eigenvalue weighted by Crippen LogP contribution is 2.22. The molecule has 14 heavy (non-hydrogen) atoms. The average molecular weight is 191 g/mol. The second kappa shape index (κ2) is 2.73. The van der Waals surface area contributed by atoms with E-state index >= 15 is 0 Å². The largest absolute Gasteiger partial charge is 0.478 e. The summed E-state index contributed by atoms with van der Waals surface area (Å²) >= 11 is 0. The van der Waals surface area contributed by atoms with Crippen LogP contribution < -0.4 is 5.73 Å². The Morgan fingerprint density at radius 2 is 2.29 bits per heavy atom.